The highest BCUT2D eigenvalue weighted by Crippen LogP contribution is 2.25. The second-order valence-electron chi connectivity index (χ2n) is 6.60. The predicted octanol–water partition coefficient (Wildman–Crippen LogP) is 4.14. The summed E-state index contributed by atoms with van der Waals surface area (Å²) in [7, 11) is 0. The molecule has 27 heavy (non-hydrogen) atoms. The van der Waals surface area contributed by atoms with Crippen LogP contribution in [0.1, 0.15) is 29.6 Å². The Labute approximate surface area is 162 Å². The first-order chi connectivity index (χ1) is 13.0. The molecule has 1 aliphatic rings. The van der Waals surface area contributed by atoms with Crippen LogP contribution in [0.2, 0.25) is 0 Å². The van der Waals surface area contributed by atoms with Crippen LogP contribution >= 0.6 is 11.8 Å². The van der Waals surface area contributed by atoms with Gasteiger partial charge in [0.2, 0.25) is 5.91 Å². The molecule has 1 amide bonds. The number of Topliss-reactive ketones (excluding diaryl/α,β-unsaturated/α-hetero) is 1. The van der Waals surface area contributed by atoms with Crippen molar-refractivity contribution < 1.29 is 19.1 Å². The fourth-order valence-electron chi connectivity index (χ4n) is 3.22. The second kappa shape index (κ2) is 9.04. The molecule has 3 rings (SSSR count). The van der Waals surface area contributed by atoms with Gasteiger partial charge in [0.1, 0.15) is 11.6 Å². The van der Waals surface area contributed by atoms with Gasteiger partial charge in [0.15, 0.2) is 5.78 Å². The molecule has 0 unspecified atom stereocenters. The van der Waals surface area contributed by atoms with Crippen LogP contribution < -0.4 is 0 Å². The van der Waals surface area contributed by atoms with Crippen LogP contribution in [0.15, 0.2) is 53.4 Å². The van der Waals surface area contributed by atoms with Crippen LogP contribution in [0.4, 0.5) is 4.39 Å². The van der Waals surface area contributed by atoms with E-state index in [9.17, 15) is 19.1 Å². The molecule has 0 radical (unpaired) electrons. The lowest BCUT2D eigenvalue weighted by Gasteiger charge is -2.31. The number of phenolic OH excluding ortho intramolecular Hbond substituents is 1. The molecule has 1 N–H and O–H groups in total. The highest BCUT2D eigenvalue weighted by atomic mass is 32.2. The Morgan fingerprint density at radius 1 is 1.07 bits per heavy atom. The number of ketones is 1. The first kappa shape index (κ1) is 19.4. The third-order valence-corrected chi connectivity index (χ3v) is 5.83. The maximum absolute atomic E-state index is 13.6. The van der Waals surface area contributed by atoms with E-state index in [1.54, 1.807) is 35.2 Å². The summed E-state index contributed by atoms with van der Waals surface area (Å²) >= 11 is 1.35. The van der Waals surface area contributed by atoms with Crippen LogP contribution in [0.25, 0.3) is 0 Å². The SMILES string of the molecule is O=C(c1ccc(O)cc1)C1CCN(C(=O)CCSc2ccccc2F)CC1. The van der Waals surface area contributed by atoms with Crippen molar-refractivity contribution in [3.05, 3.63) is 59.9 Å². The van der Waals surface area contributed by atoms with Crippen molar-refractivity contribution in [2.24, 2.45) is 5.92 Å². The maximum Gasteiger partial charge on any atom is 0.223 e. The van der Waals surface area contributed by atoms with Crippen molar-refractivity contribution in [2.45, 2.75) is 24.2 Å². The molecule has 4 nitrogen and oxygen atoms in total. The summed E-state index contributed by atoms with van der Waals surface area (Å²) in [6, 6.07) is 12.9. The summed E-state index contributed by atoms with van der Waals surface area (Å²) < 4.78 is 13.6. The van der Waals surface area contributed by atoms with Crippen molar-refractivity contribution in [3.8, 4) is 5.75 Å². The number of phenols is 1. The molecule has 0 saturated carbocycles. The number of hydrogen-bond acceptors (Lipinski definition) is 4. The van der Waals surface area contributed by atoms with Crippen molar-refractivity contribution >= 4 is 23.5 Å². The van der Waals surface area contributed by atoms with E-state index in [1.165, 1.54) is 30.0 Å². The van der Waals surface area contributed by atoms with E-state index in [4.69, 9.17) is 0 Å². The molecule has 2 aromatic carbocycles. The van der Waals surface area contributed by atoms with Crippen LogP contribution in [0.5, 0.6) is 5.75 Å². The number of nitrogens with zero attached hydrogens (tertiary/aromatic N) is 1. The van der Waals surface area contributed by atoms with Gasteiger partial charge >= 0.3 is 0 Å². The zero-order chi connectivity index (χ0) is 19.2. The van der Waals surface area contributed by atoms with E-state index in [2.05, 4.69) is 0 Å². The van der Waals surface area contributed by atoms with Crippen molar-refractivity contribution in [1.29, 1.82) is 0 Å². The smallest absolute Gasteiger partial charge is 0.223 e. The zero-order valence-corrected chi connectivity index (χ0v) is 15.8. The zero-order valence-electron chi connectivity index (χ0n) is 14.9. The number of carbonyl (C=O) groups is 2. The Balaban J connectivity index is 1.44. The van der Waals surface area contributed by atoms with Crippen LogP contribution in [0.3, 0.4) is 0 Å². The van der Waals surface area contributed by atoms with Gasteiger partial charge in [-0.25, -0.2) is 4.39 Å². The summed E-state index contributed by atoms with van der Waals surface area (Å²) in [6.07, 6.45) is 1.65. The molecule has 0 spiro atoms. The molecule has 1 aliphatic heterocycles. The third kappa shape index (κ3) is 5.10. The van der Waals surface area contributed by atoms with E-state index in [-0.39, 0.29) is 29.2 Å². The van der Waals surface area contributed by atoms with Crippen molar-refractivity contribution in [1.82, 2.24) is 4.90 Å². The van der Waals surface area contributed by atoms with Gasteiger partial charge in [-0.15, -0.1) is 11.8 Å². The van der Waals surface area contributed by atoms with Gasteiger partial charge in [-0.3, -0.25) is 9.59 Å². The Kier molecular flexibility index (Phi) is 6.50. The molecule has 0 aliphatic carbocycles. The average Bonchev–Trinajstić information content (AvgIpc) is 2.69. The molecule has 6 heteroatoms. The lowest BCUT2D eigenvalue weighted by molar-refractivity contribution is -0.131. The number of thioether (sulfide) groups is 1. The van der Waals surface area contributed by atoms with Gasteiger partial charge in [0.05, 0.1) is 0 Å². The Morgan fingerprint density at radius 3 is 2.41 bits per heavy atom. The lowest BCUT2D eigenvalue weighted by atomic mass is 9.89. The van der Waals surface area contributed by atoms with Gasteiger partial charge in [-0.2, -0.15) is 0 Å². The van der Waals surface area contributed by atoms with Gasteiger partial charge in [0, 0.05) is 41.6 Å². The third-order valence-electron chi connectivity index (χ3n) is 4.78. The van der Waals surface area contributed by atoms with Gasteiger partial charge in [0.25, 0.3) is 0 Å². The highest BCUT2D eigenvalue weighted by Gasteiger charge is 2.27. The highest BCUT2D eigenvalue weighted by molar-refractivity contribution is 7.99. The number of likely N-dealkylation sites (tertiary alicyclic amines) is 1. The number of rotatable bonds is 6. The molecule has 142 valence electrons. The number of carbonyl (C=O) groups excluding carboxylic acids is 2. The summed E-state index contributed by atoms with van der Waals surface area (Å²) in [5.41, 5.74) is 0.596. The molecule has 0 bridgehead atoms. The van der Waals surface area contributed by atoms with E-state index in [0.717, 1.165) is 0 Å². The normalized spacial score (nSPS) is 14.9. The Morgan fingerprint density at radius 2 is 1.74 bits per heavy atom. The molecular weight excluding hydrogens is 365 g/mol. The number of hydrogen-bond donors (Lipinski definition) is 1. The van der Waals surface area contributed by atoms with Crippen LogP contribution in [-0.2, 0) is 4.79 Å². The average molecular weight is 387 g/mol. The topological polar surface area (TPSA) is 57.6 Å². The molecular formula is C21H22FNO3S. The molecule has 1 saturated heterocycles. The molecule has 0 atom stereocenters. The Hall–Kier alpha value is -2.34. The first-order valence-corrected chi connectivity index (χ1v) is 10.0. The van der Waals surface area contributed by atoms with E-state index < -0.39 is 0 Å². The van der Waals surface area contributed by atoms with E-state index in [0.29, 0.717) is 48.6 Å². The fourth-order valence-corrected chi connectivity index (χ4v) is 4.10. The molecule has 1 fully saturated rings. The van der Waals surface area contributed by atoms with Crippen LogP contribution in [0, 0.1) is 11.7 Å². The Bertz CT molecular complexity index is 801. The summed E-state index contributed by atoms with van der Waals surface area (Å²) in [4.78, 5) is 27.2. The summed E-state index contributed by atoms with van der Waals surface area (Å²) in [5, 5.41) is 9.33. The number of piperidine rings is 1. The minimum absolute atomic E-state index is 0.0503. The fraction of sp³-hybridized carbons (Fsp3) is 0.333. The summed E-state index contributed by atoms with van der Waals surface area (Å²) in [6.45, 7) is 1.13. The molecule has 0 aromatic heterocycles. The van der Waals surface area contributed by atoms with Crippen LogP contribution in [-0.4, -0.2) is 40.5 Å². The largest absolute Gasteiger partial charge is 0.508 e. The lowest BCUT2D eigenvalue weighted by Crippen LogP contribution is -2.40. The minimum atomic E-state index is -0.261. The van der Waals surface area contributed by atoms with Gasteiger partial charge in [-0.05, 0) is 49.2 Å². The number of amides is 1. The predicted molar refractivity (Wildman–Crippen MR) is 103 cm³/mol. The van der Waals surface area contributed by atoms with Gasteiger partial charge < -0.3 is 10.0 Å². The number of halogens is 1. The number of aromatic hydroxyl groups is 1. The quantitative estimate of drug-likeness (QED) is 0.598. The maximum atomic E-state index is 13.6. The van der Waals surface area contributed by atoms with E-state index in [1.807, 2.05) is 0 Å². The second-order valence-corrected chi connectivity index (χ2v) is 7.73. The minimum Gasteiger partial charge on any atom is -0.508 e. The number of benzene rings is 2. The summed E-state index contributed by atoms with van der Waals surface area (Å²) in [5.74, 6) is 0.438. The standard InChI is InChI=1S/C21H22FNO3S/c22-18-3-1-2-4-19(18)27-14-11-20(25)23-12-9-16(10-13-23)21(26)15-5-7-17(24)8-6-15/h1-8,16,24H,9-14H2. The van der Waals surface area contributed by atoms with Crippen molar-refractivity contribution in [2.75, 3.05) is 18.8 Å². The van der Waals surface area contributed by atoms with Crippen molar-refractivity contribution in [3.63, 3.8) is 0 Å². The monoisotopic (exact) mass is 387 g/mol. The molecule has 2 aromatic rings. The van der Waals surface area contributed by atoms with E-state index >= 15 is 0 Å². The first-order valence-electron chi connectivity index (χ1n) is 9.03. The molecule has 1 heterocycles. The van der Waals surface area contributed by atoms with Gasteiger partial charge in [-0.1, -0.05) is 12.1 Å².